The monoisotopic (exact) mass is 514 g/mol. The summed E-state index contributed by atoms with van der Waals surface area (Å²) in [5, 5.41) is 2.15. The molecule has 2 heterocycles. The van der Waals surface area contributed by atoms with Crippen molar-refractivity contribution < 1.29 is 27.2 Å². The molecule has 0 aliphatic heterocycles. The van der Waals surface area contributed by atoms with Crippen molar-refractivity contribution in [2.45, 2.75) is 32.5 Å². The molecule has 192 valence electrons. The number of fused-ring (bicyclic) bond motifs is 3. The first kappa shape index (κ1) is 24.5. The normalized spacial score (nSPS) is 13.8. The molecule has 0 atom stereocenters. The van der Waals surface area contributed by atoms with Gasteiger partial charge in [0.1, 0.15) is 23.5 Å². The number of imidazole rings is 1. The van der Waals surface area contributed by atoms with E-state index in [0.29, 0.717) is 41.2 Å². The van der Waals surface area contributed by atoms with Crippen molar-refractivity contribution in [2.24, 2.45) is 5.92 Å². The van der Waals surface area contributed by atoms with Crippen molar-refractivity contribution in [3.63, 3.8) is 0 Å². The number of aryl methyl sites for hydroxylation is 1. The average Bonchev–Trinajstić information content (AvgIpc) is 3.62. The lowest BCUT2D eigenvalue weighted by Gasteiger charge is -2.32. The summed E-state index contributed by atoms with van der Waals surface area (Å²) < 4.78 is 55.4. The van der Waals surface area contributed by atoms with Crippen LogP contribution in [0.2, 0.25) is 0 Å². The summed E-state index contributed by atoms with van der Waals surface area (Å²) in [5.41, 5.74) is 7.18. The first-order valence-electron chi connectivity index (χ1n) is 11.4. The van der Waals surface area contributed by atoms with Crippen LogP contribution in [-0.2, 0) is 17.5 Å². The van der Waals surface area contributed by atoms with Crippen LogP contribution in [0.1, 0.15) is 40.0 Å². The number of carbonyl (C=O) groups excluding carboxylic acids is 2. The molecule has 8 nitrogen and oxygen atoms in total. The lowest BCUT2D eigenvalue weighted by Crippen LogP contribution is -2.47. The van der Waals surface area contributed by atoms with Crippen LogP contribution in [0.25, 0.3) is 16.6 Å². The van der Waals surface area contributed by atoms with Crippen LogP contribution in [0, 0.1) is 18.7 Å². The van der Waals surface area contributed by atoms with Gasteiger partial charge in [-0.1, -0.05) is 6.07 Å². The van der Waals surface area contributed by atoms with E-state index in [2.05, 4.69) is 9.97 Å². The van der Waals surface area contributed by atoms with Crippen LogP contribution < -0.4 is 5.73 Å². The molecule has 0 radical (unpaired) electrons. The molecule has 5 rings (SSSR count). The Bertz CT molecular complexity index is 1560. The van der Waals surface area contributed by atoms with Crippen LogP contribution >= 0.6 is 0 Å². The smallest absolute Gasteiger partial charge is 0.382 e. The van der Waals surface area contributed by atoms with Crippen LogP contribution in [0.4, 0.5) is 23.4 Å². The van der Waals surface area contributed by atoms with Crippen molar-refractivity contribution in [2.75, 3.05) is 12.8 Å². The standard InChI is InChI=1S/C25H22F4N6O2/c1-13-21-22(30)32-19-8-6-15(9-20(19)34(21)12-31-13)24(37)35(33(2)23(36)14-3-4-14)11-16-5-7-17(10-18(16)26)25(27,28)29/h5-10,12,14H,3-4,11H2,1-2H3,(H2,30,32). The third-order valence-corrected chi connectivity index (χ3v) is 6.46. The summed E-state index contributed by atoms with van der Waals surface area (Å²) in [6.07, 6.45) is -1.83. The quantitative estimate of drug-likeness (QED) is 0.323. The Morgan fingerprint density at radius 1 is 1.16 bits per heavy atom. The molecule has 2 amide bonds. The SMILES string of the molecule is Cc1ncn2c1c(N)nc1ccc(C(=O)N(Cc3ccc(C(F)(F)F)cc3F)N(C)C(=O)C3CC3)cc12. The van der Waals surface area contributed by atoms with E-state index in [1.165, 1.54) is 13.1 Å². The molecule has 1 fully saturated rings. The minimum Gasteiger partial charge on any atom is -0.382 e. The maximum atomic E-state index is 14.7. The lowest BCUT2D eigenvalue weighted by atomic mass is 10.1. The third kappa shape index (κ3) is 4.43. The number of amides is 2. The molecule has 2 N–H and O–H groups in total. The highest BCUT2D eigenvalue weighted by Gasteiger charge is 2.36. The average molecular weight is 514 g/mol. The highest BCUT2D eigenvalue weighted by Crippen LogP contribution is 2.33. The summed E-state index contributed by atoms with van der Waals surface area (Å²) in [6, 6.07) is 6.74. The summed E-state index contributed by atoms with van der Waals surface area (Å²) >= 11 is 0. The molecule has 1 saturated carbocycles. The number of carbonyl (C=O) groups is 2. The predicted molar refractivity (Wildman–Crippen MR) is 126 cm³/mol. The molecule has 2 aromatic carbocycles. The Balaban J connectivity index is 1.55. The Morgan fingerprint density at radius 2 is 1.89 bits per heavy atom. The van der Waals surface area contributed by atoms with Crippen molar-refractivity contribution in [1.29, 1.82) is 0 Å². The van der Waals surface area contributed by atoms with Gasteiger partial charge in [-0.15, -0.1) is 0 Å². The van der Waals surface area contributed by atoms with Gasteiger partial charge in [0.25, 0.3) is 5.91 Å². The molecule has 0 spiro atoms. The van der Waals surface area contributed by atoms with E-state index >= 15 is 0 Å². The van der Waals surface area contributed by atoms with Crippen LogP contribution in [-0.4, -0.2) is 43.2 Å². The molecule has 1 aliphatic carbocycles. The number of hydrazine groups is 1. The third-order valence-electron chi connectivity index (χ3n) is 6.46. The molecular weight excluding hydrogens is 492 g/mol. The number of anilines is 1. The number of benzene rings is 2. The second-order valence-electron chi connectivity index (χ2n) is 9.05. The number of nitrogens with two attached hydrogens (primary N) is 1. The van der Waals surface area contributed by atoms with Gasteiger partial charge in [-0.05, 0) is 50.1 Å². The Labute approximate surface area is 208 Å². The summed E-state index contributed by atoms with van der Waals surface area (Å²) in [5.74, 6) is -2.08. The topological polar surface area (TPSA) is 96.8 Å². The zero-order valence-corrected chi connectivity index (χ0v) is 19.9. The fourth-order valence-corrected chi connectivity index (χ4v) is 4.25. The molecular formula is C25H22F4N6O2. The van der Waals surface area contributed by atoms with Crippen molar-refractivity contribution in [3.05, 3.63) is 70.9 Å². The van der Waals surface area contributed by atoms with Gasteiger partial charge in [0.2, 0.25) is 5.91 Å². The summed E-state index contributed by atoms with van der Waals surface area (Å²) in [4.78, 5) is 35.1. The number of halogens is 4. The fourth-order valence-electron chi connectivity index (χ4n) is 4.25. The predicted octanol–water partition coefficient (Wildman–Crippen LogP) is 4.36. The van der Waals surface area contributed by atoms with E-state index in [-0.39, 0.29) is 28.8 Å². The number of nitrogens with zero attached hydrogens (tertiary/aromatic N) is 5. The van der Waals surface area contributed by atoms with E-state index in [1.807, 2.05) is 0 Å². The Kier molecular flexibility index (Phi) is 5.76. The number of nitrogen functional groups attached to an aromatic ring is 1. The van der Waals surface area contributed by atoms with Crippen LogP contribution in [0.3, 0.4) is 0 Å². The van der Waals surface area contributed by atoms with Gasteiger partial charge >= 0.3 is 6.18 Å². The highest BCUT2D eigenvalue weighted by molar-refractivity contribution is 5.99. The first-order valence-corrected chi connectivity index (χ1v) is 11.4. The van der Waals surface area contributed by atoms with Crippen LogP contribution in [0.15, 0.2) is 42.7 Å². The van der Waals surface area contributed by atoms with Crippen LogP contribution in [0.5, 0.6) is 0 Å². The summed E-state index contributed by atoms with van der Waals surface area (Å²) in [6.45, 7) is 1.32. The van der Waals surface area contributed by atoms with Gasteiger partial charge in [-0.3, -0.25) is 19.0 Å². The zero-order chi connectivity index (χ0) is 26.6. The number of hydrogen-bond donors (Lipinski definition) is 1. The largest absolute Gasteiger partial charge is 0.416 e. The second kappa shape index (κ2) is 8.71. The van der Waals surface area contributed by atoms with Crippen molar-refractivity contribution >= 4 is 34.2 Å². The van der Waals surface area contributed by atoms with Gasteiger partial charge < -0.3 is 5.73 Å². The Morgan fingerprint density at radius 3 is 2.54 bits per heavy atom. The minimum absolute atomic E-state index is 0.162. The van der Waals surface area contributed by atoms with E-state index in [0.717, 1.165) is 22.2 Å². The van der Waals surface area contributed by atoms with Crippen molar-refractivity contribution in [1.82, 2.24) is 24.4 Å². The molecule has 0 saturated heterocycles. The van der Waals surface area contributed by atoms with Gasteiger partial charge in [-0.2, -0.15) is 13.2 Å². The fraction of sp³-hybridized carbons (Fsp3) is 0.280. The first-order chi connectivity index (χ1) is 17.5. The Hall–Kier alpha value is -4.22. The zero-order valence-electron chi connectivity index (χ0n) is 19.9. The maximum absolute atomic E-state index is 14.7. The van der Waals surface area contributed by atoms with Gasteiger partial charge in [0.05, 0.1) is 28.8 Å². The van der Waals surface area contributed by atoms with Gasteiger partial charge in [0.15, 0.2) is 0 Å². The number of rotatable bonds is 4. The molecule has 0 bridgehead atoms. The molecule has 1 aliphatic rings. The maximum Gasteiger partial charge on any atom is 0.416 e. The highest BCUT2D eigenvalue weighted by atomic mass is 19.4. The molecule has 0 unspecified atom stereocenters. The molecule has 4 aromatic rings. The van der Waals surface area contributed by atoms with E-state index in [4.69, 9.17) is 5.73 Å². The van der Waals surface area contributed by atoms with E-state index < -0.39 is 30.0 Å². The van der Waals surface area contributed by atoms with Gasteiger partial charge in [0, 0.05) is 24.1 Å². The number of alkyl halides is 3. The van der Waals surface area contributed by atoms with Gasteiger partial charge in [-0.25, -0.2) is 19.4 Å². The minimum atomic E-state index is -4.72. The molecule has 12 heteroatoms. The lowest BCUT2D eigenvalue weighted by molar-refractivity contribution is -0.144. The molecule has 2 aromatic heterocycles. The van der Waals surface area contributed by atoms with Crippen molar-refractivity contribution in [3.8, 4) is 0 Å². The number of hydrogen-bond acceptors (Lipinski definition) is 5. The summed E-state index contributed by atoms with van der Waals surface area (Å²) in [7, 11) is 1.39. The van der Waals surface area contributed by atoms with E-state index in [9.17, 15) is 27.2 Å². The van der Waals surface area contributed by atoms with E-state index in [1.54, 1.807) is 29.8 Å². The molecule has 37 heavy (non-hydrogen) atoms. The second-order valence-corrected chi connectivity index (χ2v) is 9.05. The number of aromatic nitrogens is 3.